The largest absolute Gasteiger partial charge is 0.497 e. The maximum Gasteiger partial charge on any atom is 0.171 e. The fourth-order valence-corrected chi connectivity index (χ4v) is 2.43. The van der Waals surface area contributed by atoms with Gasteiger partial charge in [-0.05, 0) is 55.9 Å². The molecule has 6 heteroatoms. The van der Waals surface area contributed by atoms with Crippen LogP contribution in [0.15, 0.2) is 42.5 Å². The third-order valence-electron chi connectivity index (χ3n) is 3.38. The van der Waals surface area contributed by atoms with Crippen LogP contribution in [0.2, 0.25) is 0 Å². The smallest absolute Gasteiger partial charge is 0.171 e. The van der Waals surface area contributed by atoms with E-state index in [1.54, 1.807) is 20.3 Å². The molecule has 2 rings (SSSR count). The quantitative estimate of drug-likeness (QED) is 0.729. The standard InChI is InChI=1S/C19H24N2O3S/c1-13(2)24-16-7-5-6-14(10-16)12-20-19(25)21-17-9-8-15(22-3)11-18(17)23-4/h5-11,13H,12H2,1-4H3,(H2,20,21,25). The second-order valence-corrected chi connectivity index (χ2v) is 6.10. The van der Waals surface area contributed by atoms with Gasteiger partial charge in [-0.15, -0.1) is 0 Å². The first-order valence-corrected chi connectivity index (χ1v) is 8.45. The summed E-state index contributed by atoms with van der Waals surface area (Å²) in [5.41, 5.74) is 1.86. The van der Waals surface area contributed by atoms with Crippen molar-refractivity contribution in [1.29, 1.82) is 0 Å². The molecule has 0 radical (unpaired) electrons. The van der Waals surface area contributed by atoms with Crippen LogP contribution in [0, 0.1) is 0 Å². The first-order valence-electron chi connectivity index (χ1n) is 8.04. The van der Waals surface area contributed by atoms with Crippen LogP contribution in [-0.4, -0.2) is 25.4 Å². The van der Waals surface area contributed by atoms with Gasteiger partial charge in [0.25, 0.3) is 0 Å². The lowest BCUT2D eigenvalue weighted by molar-refractivity contribution is 0.242. The van der Waals surface area contributed by atoms with Gasteiger partial charge in [-0.2, -0.15) is 0 Å². The van der Waals surface area contributed by atoms with Crippen molar-refractivity contribution >= 4 is 23.0 Å². The van der Waals surface area contributed by atoms with Crippen LogP contribution in [0.3, 0.4) is 0 Å². The summed E-state index contributed by atoms with van der Waals surface area (Å²) in [7, 11) is 3.22. The molecule has 2 aromatic carbocycles. The molecule has 0 spiro atoms. The van der Waals surface area contributed by atoms with Gasteiger partial charge >= 0.3 is 0 Å². The molecule has 0 aliphatic heterocycles. The molecular formula is C19H24N2O3S. The minimum Gasteiger partial charge on any atom is -0.497 e. The third-order valence-corrected chi connectivity index (χ3v) is 3.63. The Bertz CT molecular complexity index is 720. The number of methoxy groups -OCH3 is 2. The number of ether oxygens (including phenoxy) is 3. The highest BCUT2D eigenvalue weighted by Crippen LogP contribution is 2.28. The average molecular weight is 360 g/mol. The molecule has 0 unspecified atom stereocenters. The van der Waals surface area contributed by atoms with E-state index in [1.807, 2.05) is 50.2 Å². The summed E-state index contributed by atoms with van der Waals surface area (Å²) in [6, 6.07) is 13.5. The van der Waals surface area contributed by atoms with Crippen molar-refractivity contribution in [2.24, 2.45) is 0 Å². The molecule has 0 aliphatic rings. The predicted molar refractivity (Wildman–Crippen MR) is 105 cm³/mol. The van der Waals surface area contributed by atoms with Crippen LogP contribution in [0.25, 0.3) is 0 Å². The van der Waals surface area contributed by atoms with E-state index in [0.717, 1.165) is 22.7 Å². The first kappa shape index (κ1) is 18.9. The van der Waals surface area contributed by atoms with E-state index in [-0.39, 0.29) is 6.10 Å². The highest BCUT2D eigenvalue weighted by molar-refractivity contribution is 7.80. The van der Waals surface area contributed by atoms with Gasteiger partial charge in [-0.1, -0.05) is 12.1 Å². The van der Waals surface area contributed by atoms with Crippen molar-refractivity contribution in [1.82, 2.24) is 5.32 Å². The van der Waals surface area contributed by atoms with Crippen molar-refractivity contribution in [3.05, 3.63) is 48.0 Å². The molecule has 5 nitrogen and oxygen atoms in total. The lowest BCUT2D eigenvalue weighted by Gasteiger charge is -2.15. The zero-order valence-corrected chi connectivity index (χ0v) is 15.8. The van der Waals surface area contributed by atoms with Crippen molar-refractivity contribution in [3.63, 3.8) is 0 Å². The molecule has 25 heavy (non-hydrogen) atoms. The Hall–Kier alpha value is -2.47. The van der Waals surface area contributed by atoms with Gasteiger partial charge in [0.15, 0.2) is 5.11 Å². The molecule has 0 amide bonds. The molecule has 0 saturated heterocycles. The highest BCUT2D eigenvalue weighted by Gasteiger charge is 2.07. The number of thiocarbonyl (C=S) groups is 1. The van der Waals surface area contributed by atoms with Crippen LogP contribution in [0.5, 0.6) is 17.2 Å². The van der Waals surface area contributed by atoms with Crippen LogP contribution < -0.4 is 24.8 Å². The molecule has 0 heterocycles. The fourth-order valence-electron chi connectivity index (χ4n) is 2.25. The van der Waals surface area contributed by atoms with E-state index >= 15 is 0 Å². The Labute approximate surface area is 154 Å². The number of nitrogens with one attached hydrogen (secondary N) is 2. The summed E-state index contributed by atoms with van der Waals surface area (Å²) in [6.45, 7) is 4.61. The Kier molecular flexibility index (Phi) is 6.89. The number of benzene rings is 2. The normalized spacial score (nSPS) is 10.3. The second-order valence-electron chi connectivity index (χ2n) is 5.69. The van der Waals surface area contributed by atoms with Gasteiger partial charge in [-0.25, -0.2) is 0 Å². The Balaban J connectivity index is 1.95. The Morgan fingerprint density at radius 3 is 2.52 bits per heavy atom. The van der Waals surface area contributed by atoms with E-state index < -0.39 is 0 Å². The number of hydrogen-bond donors (Lipinski definition) is 2. The van der Waals surface area contributed by atoms with E-state index in [0.29, 0.717) is 17.4 Å². The van der Waals surface area contributed by atoms with E-state index in [2.05, 4.69) is 10.6 Å². The van der Waals surface area contributed by atoms with Gasteiger partial charge < -0.3 is 24.8 Å². The molecule has 0 saturated carbocycles. The molecule has 134 valence electrons. The highest BCUT2D eigenvalue weighted by atomic mass is 32.1. The summed E-state index contributed by atoms with van der Waals surface area (Å²) in [6.07, 6.45) is 0.147. The molecule has 2 N–H and O–H groups in total. The average Bonchev–Trinajstić information content (AvgIpc) is 2.60. The van der Waals surface area contributed by atoms with E-state index in [9.17, 15) is 0 Å². The molecule has 0 bridgehead atoms. The zero-order valence-electron chi connectivity index (χ0n) is 15.0. The van der Waals surface area contributed by atoms with Crippen molar-refractivity contribution in [2.75, 3.05) is 19.5 Å². The van der Waals surface area contributed by atoms with Crippen LogP contribution in [0.1, 0.15) is 19.4 Å². The fraction of sp³-hybridized carbons (Fsp3) is 0.316. The van der Waals surface area contributed by atoms with Crippen molar-refractivity contribution in [2.45, 2.75) is 26.5 Å². The van der Waals surface area contributed by atoms with Crippen LogP contribution in [-0.2, 0) is 6.54 Å². The van der Waals surface area contributed by atoms with Crippen molar-refractivity contribution in [3.8, 4) is 17.2 Å². The molecule has 0 aliphatic carbocycles. The summed E-state index contributed by atoms with van der Waals surface area (Å²) in [4.78, 5) is 0. The summed E-state index contributed by atoms with van der Waals surface area (Å²) in [5.74, 6) is 2.24. The second kappa shape index (κ2) is 9.13. The van der Waals surface area contributed by atoms with Gasteiger partial charge in [0, 0.05) is 12.6 Å². The predicted octanol–water partition coefficient (Wildman–Crippen LogP) is 3.98. The maximum atomic E-state index is 5.70. The van der Waals surface area contributed by atoms with E-state index in [4.69, 9.17) is 26.4 Å². The Morgan fingerprint density at radius 2 is 1.84 bits per heavy atom. The maximum absolute atomic E-state index is 5.70. The lowest BCUT2D eigenvalue weighted by Crippen LogP contribution is -2.28. The monoisotopic (exact) mass is 360 g/mol. The molecule has 2 aromatic rings. The Morgan fingerprint density at radius 1 is 1.04 bits per heavy atom. The molecular weight excluding hydrogens is 336 g/mol. The SMILES string of the molecule is COc1ccc(NC(=S)NCc2cccc(OC(C)C)c2)c(OC)c1. The lowest BCUT2D eigenvalue weighted by atomic mass is 10.2. The summed E-state index contributed by atoms with van der Waals surface area (Å²) < 4.78 is 16.3. The van der Waals surface area contributed by atoms with Gasteiger partial charge in [0.1, 0.15) is 17.2 Å². The van der Waals surface area contributed by atoms with Gasteiger partial charge in [-0.3, -0.25) is 0 Å². The van der Waals surface area contributed by atoms with E-state index in [1.165, 1.54) is 0 Å². The van der Waals surface area contributed by atoms with Gasteiger partial charge in [0.2, 0.25) is 0 Å². The molecule has 0 atom stereocenters. The van der Waals surface area contributed by atoms with Crippen LogP contribution >= 0.6 is 12.2 Å². The number of anilines is 1. The van der Waals surface area contributed by atoms with Crippen LogP contribution in [0.4, 0.5) is 5.69 Å². The number of rotatable bonds is 7. The topological polar surface area (TPSA) is 51.8 Å². The number of hydrogen-bond acceptors (Lipinski definition) is 4. The zero-order chi connectivity index (χ0) is 18.2. The van der Waals surface area contributed by atoms with Crippen molar-refractivity contribution < 1.29 is 14.2 Å². The summed E-state index contributed by atoms with van der Waals surface area (Å²) in [5, 5.41) is 6.84. The minimum absolute atomic E-state index is 0.147. The third kappa shape index (κ3) is 5.83. The minimum atomic E-state index is 0.147. The molecule has 0 aromatic heterocycles. The first-order chi connectivity index (χ1) is 12.0. The van der Waals surface area contributed by atoms with Gasteiger partial charge in [0.05, 0.1) is 26.0 Å². The summed E-state index contributed by atoms with van der Waals surface area (Å²) >= 11 is 5.37. The molecule has 0 fully saturated rings.